The highest BCUT2D eigenvalue weighted by Crippen LogP contribution is 2.35. The van der Waals surface area contributed by atoms with Gasteiger partial charge in [-0.2, -0.15) is 0 Å². The lowest BCUT2D eigenvalue weighted by Crippen LogP contribution is -2.24. The van der Waals surface area contributed by atoms with Gasteiger partial charge in [-0.15, -0.1) is 0 Å². The van der Waals surface area contributed by atoms with E-state index in [1.807, 2.05) is 30.3 Å². The minimum absolute atomic E-state index is 0.0154. The highest BCUT2D eigenvalue weighted by molar-refractivity contribution is 5.89. The molecule has 0 spiro atoms. The minimum atomic E-state index is -0.290. The fraction of sp³-hybridized carbons (Fsp3) is 0.278. The summed E-state index contributed by atoms with van der Waals surface area (Å²) in [5.41, 5.74) is 0.628. The van der Waals surface area contributed by atoms with Crippen LogP contribution in [0.2, 0.25) is 0 Å². The lowest BCUT2D eigenvalue weighted by molar-refractivity contribution is 0.139. The Morgan fingerprint density at radius 3 is 2.71 bits per heavy atom. The summed E-state index contributed by atoms with van der Waals surface area (Å²) in [7, 11) is 1.56. The van der Waals surface area contributed by atoms with Gasteiger partial charge >= 0.3 is 6.03 Å². The zero-order valence-corrected chi connectivity index (χ0v) is 13.5. The molecule has 2 N–H and O–H groups in total. The molecule has 1 aliphatic heterocycles. The van der Waals surface area contributed by atoms with Gasteiger partial charge in [-0.1, -0.05) is 18.2 Å². The Kier molecular flexibility index (Phi) is 5.18. The molecular weight excluding hydrogens is 308 g/mol. The van der Waals surface area contributed by atoms with E-state index in [0.717, 1.165) is 12.2 Å². The van der Waals surface area contributed by atoms with Crippen molar-refractivity contribution in [3.8, 4) is 17.2 Å². The summed E-state index contributed by atoms with van der Waals surface area (Å²) in [4.78, 5) is 11.5. The number of benzene rings is 2. The van der Waals surface area contributed by atoms with Gasteiger partial charge < -0.3 is 24.8 Å². The van der Waals surface area contributed by atoms with E-state index in [2.05, 4.69) is 10.6 Å². The molecule has 1 unspecified atom stereocenters. The van der Waals surface area contributed by atoms with E-state index in [9.17, 15) is 4.79 Å². The Hall–Kier alpha value is -2.73. The van der Waals surface area contributed by atoms with E-state index in [1.54, 1.807) is 25.2 Å². The Morgan fingerprint density at radius 1 is 1.17 bits per heavy atom. The lowest BCUT2D eigenvalue weighted by atomic mass is 10.2. The number of ether oxygens (including phenoxy) is 3. The first kappa shape index (κ1) is 16.1. The van der Waals surface area contributed by atoms with Crippen molar-refractivity contribution in [1.82, 2.24) is 5.32 Å². The summed E-state index contributed by atoms with van der Waals surface area (Å²) < 4.78 is 17.3. The zero-order chi connectivity index (χ0) is 16.8. The molecule has 1 fully saturated rings. The van der Waals surface area contributed by atoms with Crippen LogP contribution in [-0.4, -0.2) is 32.4 Å². The Bertz CT molecular complexity index is 685. The number of nitrogens with one attached hydrogen (secondary N) is 2. The van der Waals surface area contributed by atoms with Crippen LogP contribution in [0.25, 0.3) is 0 Å². The molecular formula is C18H20N2O4. The maximum absolute atomic E-state index is 11.5. The number of carbonyl (C=O) groups is 1. The first-order valence-corrected chi connectivity index (χ1v) is 7.84. The molecule has 24 heavy (non-hydrogen) atoms. The molecule has 2 amide bonds. The summed E-state index contributed by atoms with van der Waals surface area (Å²) >= 11 is 0. The van der Waals surface area contributed by atoms with Crippen LogP contribution in [-0.2, 0) is 4.74 Å². The molecule has 126 valence electrons. The third-order valence-corrected chi connectivity index (χ3v) is 3.58. The van der Waals surface area contributed by atoms with Gasteiger partial charge in [-0.3, -0.25) is 0 Å². The smallest absolute Gasteiger partial charge is 0.318 e. The van der Waals surface area contributed by atoms with E-state index in [1.165, 1.54) is 0 Å². The quantitative estimate of drug-likeness (QED) is 0.883. The van der Waals surface area contributed by atoms with Gasteiger partial charge in [-0.25, -0.2) is 4.79 Å². The first-order chi connectivity index (χ1) is 11.7. The molecule has 6 heteroatoms. The van der Waals surface area contributed by atoms with E-state index in [4.69, 9.17) is 14.2 Å². The monoisotopic (exact) mass is 328 g/mol. The van der Waals surface area contributed by atoms with Gasteiger partial charge in [0.15, 0.2) is 11.5 Å². The number of hydrogen-bond acceptors (Lipinski definition) is 4. The second-order valence-corrected chi connectivity index (χ2v) is 5.38. The van der Waals surface area contributed by atoms with Crippen LogP contribution >= 0.6 is 0 Å². The standard InChI is InChI=1S/C18H20N2O4/c1-19-18(21)20-13-7-8-16(23-14-5-3-2-4-6-14)17(11-13)24-15-9-10-22-12-15/h2-8,11,15H,9-10,12H2,1H3,(H2,19,20,21). The van der Waals surface area contributed by atoms with Crippen molar-refractivity contribution in [1.29, 1.82) is 0 Å². The van der Waals surface area contributed by atoms with Crippen molar-refractivity contribution in [2.75, 3.05) is 25.6 Å². The Labute approximate surface area is 140 Å². The van der Waals surface area contributed by atoms with Gasteiger partial charge in [0.2, 0.25) is 0 Å². The molecule has 0 radical (unpaired) electrons. The van der Waals surface area contributed by atoms with Crippen LogP contribution in [0.1, 0.15) is 6.42 Å². The molecule has 2 aromatic carbocycles. The second kappa shape index (κ2) is 7.70. The molecule has 1 aliphatic rings. The summed E-state index contributed by atoms with van der Waals surface area (Å²) in [6.45, 7) is 1.24. The van der Waals surface area contributed by atoms with Crippen molar-refractivity contribution in [2.24, 2.45) is 0 Å². The van der Waals surface area contributed by atoms with Crippen LogP contribution in [0.3, 0.4) is 0 Å². The maximum Gasteiger partial charge on any atom is 0.318 e. The Morgan fingerprint density at radius 2 is 2.00 bits per heavy atom. The largest absolute Gasteiger partial charge is 0.484 e. The predicted octanol–water partition coefficient (Wildman–Crippen LogP) is 3.40. The average Bonchev–Trinajstić information content (AvgIpc) is 3.11. The molecule has 1 heterocycles. The predicted molar refractivity (Wildman–Crippen MR) is 90.9 cm³/mol. The van der Waals surface area contributed by atoms with Crippen molar-refractivity contribution in [3.63, 3.8) is 0 Å². The first-order valence-electron chi connectivity index (χ1n) is 7.84. The van der Waals surface area contributed by atoms with Gasteiger partial charge in [0.1, 0.15) is 11.9 Å². The molecule has 0 bridgehead atoms. The average molecular weight is 328 g/mol. The van der Waals surface area contributed by atoms with E-state index in [0.29, 0.717) is 30.4 Å². The summed E-state index contributed by atoms with van der Waals surface area (Å²) in [6.07, 6.45) is 0.816. The van der Waals surface area contributed by atoms with Crippen LogP contribution in [0.5, 0.6) is 17.2 Å². The minimum Gasteiger partial charge on any atom is -0.484 e. The molecule has 0 aromatic heterocycles. The third kappa shape index (κ3) is 4.17. The normalized spacial score (nSPS) is 16.5. The van der Waals surface area contributed by atoms with Crippen molar-refractivity contribution < 1.29 is 19.0 Å². The molecule has 0 aliphatic carbocycles. The van der Waals surface area contributed by atoms with E-state index in [-0.39, 0.29) is 12.1 Å². The summed E-state index contributed by atoms with van der Waals surface area (Å²) in [6, 6.07) is 14.5. The van der Waals surface area contributed by atoms with Gasteiger partial charge in [0, 0.05) is 25.2 Å². The molecule has 6 nitrogen and oxygen atoms in total. The second-order valence-electron chi connectivity index (χ2n) is 5.38. The number of rotatable bonds is 5. The topological polar surface area (TPSA) is 68.8 Å². The fourth-order valence-corrected chi connectivity index (χ4v) is 2.36. The summed E-state index contributed by atoms with van der Waals surface area (Å²) in [5, 5.41) is 5.25. The number of urea groups is 1. The van der Waals surface area contributed by atoms with Crippen LogP contribution in [0, 0.1) is 0 Å². The van der Waals surface area contributed by atoms with Gasteiger partial charge in [0.25, 0.3) is 0 Å². The van der Waals surface area contributed by atoms with Crippen molar-refractivity contribution >= 4 is 11.7 Å². The van der Waals surface area contributed by atoms with E-state index < -0.39 is 0 Å². The number of hydrogen-bond donors (Lipinski definition) is 2. The summed E-state index contributed by atoms with van der Waals surface area (Å²) in [5.74, 6) is 1.89. The zero-order valence-electron chi connectivity index (χ0n) is 13.5. The molecule has 1 saturated heterocycles. The highest BCUT2D eigenvalue weighted by atomic mass is 16.6. The number of amides is 2. The van der Waals surface area contributed by atoms with Crippen molar-refractivity contribution in [3.05, 3.63) is 48.5 Å². The number of carbonyl (C=O) groups excluding carboxylic acids is 1. The van der Waals surface area contributed by atoms with E-state index >= 15 is 0 Å². The number of para-hydroxylation sites is 1. The van der Waals surface area contributed by atoms with Crippen LogP contribution in [0.15, 0.2) is 48.5 Å². The Balaban J connectivity index is 1.83. The van der Waals surface area contributed by atoms with Crippen LogP contribution < -0.4 is 20.1 Å². The fourth-order valence-electron chi connectivity index (χ4n) is 2.36. The molecule has 2 aromatic rings. The number of anilines is 1. The SMILES string of the molecule is CNC(=O)Nc1ccc(Oc2ccccc2)c(OC2CCOC2)c1. The van der Waals surface area contributed by atoms with Gasteiger partial charge in [0.05, 0.1) is 13.2 Å². The lowest BCUT2D eigenvalue weighted by Gasteiger charge is -2.17. The molecule has 0 saturated carbocycles. The third-order valence-electron chi connectivity index (χ3n) is 3.58. The molecule has 3 rings (SSSR count). The highest BCUT2D eigenvalue weighted by Gasteiger charge is 2.20. The van der Waals surface area contributed by atoms with Crippen molar-refractivity contribution in [2.45, 2.75) is 12.5 Å². The van der Waals surface area contributed by atoms with Crippen LogP contribution in [0.4, 0.5) is 10.5 Å². The maximum atomic E-state index is 11.5. The van der Waals surface area contributed by atoms with Gasteiger partial charge in [-0.05, 0) is 24.3 Å². The molecule has 1 atom stereocenters.